The highest BCUT2D eigenvalue weighted by Gasteiger charge is 2.35. The van der Waals surface area contributed by atoms with Crippen LogP contribution in [-0.2, 0) is 5.41 Å². The van der Waals surface area contributed by atoms with Gasteiger partial charge in [0.1, 0.15) is 0 Å². The van der Waals surface area contributed by atoms with Crippen LogP contribution in [0.1, 0.15) is 25.0 Å². The van der Waals surface area contributed by atoms with Gasteiger partial charge in [0.05, 0.1) is 5.52 Å². The third kappa shape index (κ3) is 4.05. The third-order valence-electron chi connectivity index (χ3n) is 11.1. The number of rotatable bonds is 3. The van der Waals surface area contributed by atoms with Crippen LogP contribution in [0.2, 0.25) is 0 Å². The number of hydrogen-bond donors (Lipinski definition) is 0. The van der Waals surface area contributed by atoms with Crippen LogP contribution in [0.25, 0.3) is 92.3 Å². The normalized spacial score (nSPS) is 13.5. The molecular weight excluding hydrogens is 639 g/mol. The number of pyridine rings is 1. The molecule has 0 saturated carbocycles. The van der Waals surface area contributed by atoms with Gasteiger partial charge in [-0.1, -0.05) is 141 Å². The molecule has 3 heterocycles. The zero-order valence-corrected chi connectivity index (χ0v) is 29.0. The molecule has 1 aliphatic rings. The number of thiophene rings is 1. The van der Waals surface area contributed by atoms with E-state index in [0.29, 0.717) is 0 Å². The van der Waals surface area contributed by atoms with Crippen molar-refractivity contribution in [2.45, 2.75) is 19.3 Å². The van der Waals surface area contributed by atoms with Gasteiger partial charge < -0.3 is 0 Å². The molecule has 0 radical (unpaired) electrons. The lowest BCUT2D eigenvalue weighted by Crippen LogP contribution is -2.14. The van der Waals surface area contributed by atoms with Crippen LogP contribution in [0, 0.1) is 0 Å². The van der Waals surface area contributed by atoms with Gasteiger partial charge in [0.25, 0.3) is 0 Å². The number of nitrogens with zero attached hydrogens (tertiary/aromatic N) is 3. The first-order valence-electron chi connectivity index (χ1n) is 17.5. The maximum absolute atomic E-state index is 4.82. The SMILES string of the molecule is CC1(C)c2ccccc2-c2ccc(-c3ccc4c(c3)c3ccccc3c3nnc(-c5ccc(-c6cccc7c6sc6ccccc67)cc5)n43)cc21. The Bertz CT molecular complexity index is 3050. The fraction of sp³-hybridized carbons (Fsp3) is 0.0638. The van der Waals surface area contributed by atoms with E-state index in [0.717, 1.165) is 27.9 Å². The minimum atomic E-state index is -0.0467. The average molecular weight is 670 g/mol. The lowest BCUT2D eigenvalue weighted by Gasteiger charge is -2.22. The van der Waals surface area contributed by atoms with Gasteiger partial charge in [-0.2, -0.15) is 0 Å². The number of hydrogen-bond acceptors (Lipinski definition) is 3. The number of fused-ring (bicyclic) bond motifs is 12. The zero-order chi connectivity index (χ0) is 33.8. The highest BCUT2D eigenvalue weighted by atomic mass is 32.1. The molecule has 0 atom stereocenters. The minimum Gasteiger partial charge on any atom is -0.274 e. The fourth-order valence-electron chi connectivity index (χ4n) is 8.57. The van der Waals surface area contributed by atoms with Gasteiger partial charge in [-0.05, 0) is 74.2 Å². The predicted octanol–water partition coefficient (Wildman–Crippen LogP) is 12.7. The van der Waals surface area contributed by atoms with Crippen molar-refractivity contribution < 1.29 is 0 Å². The van der Waals surface area contributed by atoms with Crippen molar-refractivity contribution in [3.63, 3.8) is 0 Å². The summed E-state index contributed by atoms with van der Waals surface area (Å²) in [7, 11) is 0. The van der Waals surface area contributed by atoms with Crippen LogP contribution in [0.3, 0.4) is 0 Å². The summed E-state index contributed by atoms with van der Waals surface area (Å²) in [5.41, 5.74) is 13.3. The topological polar surface area (TPSA) is 30.2 Å². The Kier molecular flexibility index (Phi) is 5.89. The average Bonchev–Trinajstić information content (AvgIpc) is 3.86. The molecule has 7 aromatic carbocycles. The molecule has 0 saturated heterocycles. The summed E-state index contributed by atoms with van der Waals surface area (Å²) in [5.74, 6) is 0.845. The molecule has 0 N–H and O–H groups in total. The van der Waals surface area contributed by atoms with Gasteiger partial charge in [0, 0.05) is 41.9 Å². The molecule has 11 rings (SSSR count). The maximum Gasteiger partial charge on any atom is 0.169 e. The number of benzene rings is 7. The van der Waals surface area contributed by atoms with Crippen molar-refractivity contribution >= 4 is 58.8 Å². The van der Waals surface area contributed by atoms with Crippen LogP contribution in [-0.4, -0.2) is 14.6 Å². The van der Waals surface area contributed by atoms with E-state index < -0.39 is 0 Å². The molecule has 0 bridgehead atoms. The standard InChI is InChI=1S/C47H31N3S/c1-47(2)40-16-7-5-11-34(40)35-24-22-31(27-41(35)47)30-23-25-42-39(26-30)33-10-3-4-13-38(33)46-49-48-45(50(42)46)29-20-18-28(19-21-29)32-14-9-15-37-36-12-6-8-17-43(36)51-44(32)37/h3-27H,1-2H3. The third-order valence-corrected chi connectivity index (χ3v) is 12.4. The zero-order valence-electron chi connectivity index (χ0n) is 28.2. The smallest absolute Gasteiger partial charge is 0.169 e. The van der Waals surface area contributed by atoms with E-state index in [-0.39, 0.29) is 5.41 Å². The Labute approximate surface area is 299 Å². The Morgan fingerprint density at radius 3 is 2.00 bits per heavy atom. The molecule has 0 spiro atoms. The van der Waals surface area contributed by atoms with Crippen molar-refractivity contribution in [3.8, 4) is 44.8 Å². The van der Waals surface area contributed by atoms with Gasteiger partial charge in [0.15, 0.2) is 11.5 Å². The molecule has 3 aromatic heterocycles. The van der Waals surface area contributed by atoms with Crippen LogP contribution >= 0.6 is 11.3 Å². The molecule has 0 aliphatic heterocycles. The highest BCUT2D eigenvalue weighted by molar-refractivity contribution is 7.26. The largest absolute Gasteiger partial charge is 0.274 e. The first kappa shape index (κ1) is 28.7. The molecular formula is C47H31N3S. The van der Waals surface area contributed by atoms with E-state index in [2.05, 4.69) is 170 Å². The van der Waals surface area contributed by atoms with Crippen molar-refractivity contribution in [1.29, 1.82) is 0 Å². The van der Waals surface area contributed by atoms with E-state index in [4.69, 9.17) is 10.2 Å². The Hall–Kier alpha value is -6.10. The second-order valence-electron chi connectivity index (χ2n) is 14.2. The van der Waals surface area contributed by atoms with E-state index >= 15 is 0 Å². The summed E-state index contributed by atoms with van der Waals surface area (Å²) in [5, 5.41) is 15.7. The maximum atomic E-state index is 4.82. The van der Waals surface area contributed by atoms with Crippen LogP contribution in [0.5, 0.6) is 0 Å². The van der Waals surface area contributed by atoms with Gasteiger partial charge in [0.2, 0.25) is 0 Å². The first-order valence-corrected chi connectivity index (χ1v) is 18.3. The molecule has 10 aromatic rings. The minimum absolute atomic E-state index is 0.0467. The summed E-state index contributed by atoms with van der Waals surface area (Å²) in [4.78, 5) is 0. The quantitative estimate of drug-likeness (QED) is 0.175. The molecule has 51 heavy (non-hydrogen) atoms. The Balaban J connectivity index is 1.05. The van der Waals surface area contributed by atoms with E-state index in [1.165, 1.54) is 75.5 Å². The second kappa shape index (κ2) is 10.5. The first-order chi connectivity index (χ1) is 25.0. The summed E-state index contributed by atoms with van der Waals surface area (Å²) in [6, 6.07) is 55.4. The Morgan fingerprint density at radius 2 is 1.12 bits per heavy atom. The molecule has 0 amide bonds. The summed E-state index contributed by atoms with van der Waals surface area (Å²) < 4.78 is 4.88. The summed E-state index contributed by atoms with van der Waals surface area (Å²) >= 11 is 1.87. The van der Waals surface area contributed by atoms with Crippen molar-refractivity contribution in [2.24, 2.45) is 0 Å². The molecule has 1 aliphatic carbocycles. The van der Waals surface area contributed by atoms with E-state index in [9.17, 15) is 0 Å². The lowest BCUT2D eigenvalue weighted by molar-refractivity contribution is 0.660. The molecule has 0 unspecified atom stereocenters. The molecule has 240 valence electrons. The van der Waals surface area contributed by atoms with E-state index in [1.807, 2.05) is 11.3 Å². The van der Waals surface area contributed by atoms with Gasteiger partial charge in [-0.3, -0.25) is 4.40 Å². The Morgan fingerprint density at radius 1 is 0.471 bits per heavy atom. The van der Waals surface area contributed by atoms with Crippen molar-refractivity contribution in [3.05, 3.63) is 163 Å². The molecule has 3 nitrogen and oxygen atoms in total. The summed E-state index contributed by atoms with van der Waals surface area (Å²) in [6.07, 6.45) is 0. The highest BCUT2D eigenvalue weighted by Crippen LogP contribution is 2.50. The monoisotopic (exact) mass is 669 g/mol. The molecule has 4 heteroatoms. The fourth-order valence-corrected chi connectivity index (χ4v) is 9.81. The lowest BCUT2D eigenvalue weighted by atomic mass is 9.81. The van der Waals surface area contributed by atoms with Crippen molar-refractivity contribution in [1.82, 2.24) is 14.6 Å². The predicted molar refractivity (Wildman–Crippen MR) is 215 cm³/mol. The number of aromatic nitrogens is 3. The van der Waals surface area contributed by atoms with E-state index in [1.54, 1.807) is 0 Å². The van der Waals surface area contributed by atoms with Gasteiger partial charge in [-0.25, -0.2) is 0 Å². The second-order valence-corrected chi connectivity index (χ2v) is 15.3. The molecule has 0 fully saturated rings. The van der Waals surface area contributed by atoms with Crippen LogP contribution < -0.4 is 0 Å². The van der Waals surface area contributed by atoms with Crippen LogP contribution in [0.4, 0.5) is 0 Å². The van der Waals surface area contributed by atoms with Crippen LogP contribution in [0.15, 0.2) is 152 Å². The van der Waals surface area contributed by atoms with Gasteiger partial charge in [-0.15, -0.1) is 21.5 Å². The van der Waals surface area contributed by atoms with Gasteiger partial charge >= 0.3 is 0 Å². The summed E-state index contributed by atoms with van der Waals surface area (Å²) in [6.45, 7) is 4.69. The van der Waals surface area contributed by atoms with Crippen molar-refractivity contribution in [2.75, 3.05) is 0 Å².